The Kier molecular flexibility index (Phi) is 3.53. The van der Waals surface area contributed by atoms with Crippen molar-refractivity contribution in [1.29, 1.82) is 0 Å². The number of hydrogen-bond donors (Lipinski definition) is 1. The lowest BCUT2D eigenvalue weighted by molar-refractivity contribution is 0.145. The Hall–Kier alpha value is -0.880. The fraction of sp³-hybridized carbons (Fsp3) is 0.727. The zero-order chi connectivity index (χ0) is 12.5. The number of aromatic nitrogens is 2. The first-order valence-corrected chi connectivity index (χ1v) is 7.64. The molecule has 2 unspecified atom stereocenters. The van der Waals surface area contributed by atoms with E-state index in [1.54, 1.807) is 4.68 Å². The number of hydrogen-bond acceptors (Lipinski definition) is 4. The maximum Gasteiger partial charge on any atom is 0.150 e. The van der Waals surface area contributed by atoms with E-state index in [1.807, 2.05) is 19.3 Å². The van der Waals surface area contributed by atoms with Crippen molar-refractivity contribution in [3.05, 3.63) is 18.0 Å². The number of aliphatic hydroxyl groups excluding tert-OH is 1. The van der Waals surface area contributed by atoms with Crippen LogP contribution in [0, 0.1) is 5.92 Å². The van der Waals surface area contributed by atoms with Crippen molar-refractivity contribution in [2.75, 3.05) is 11.5 Å². The van der Waals surface area contributed by atoms with Gasteiger partial charge in [-0.25, -0.2) is 8.42 Å². The predicted octanol–water partition coefficient (Wildman–Crippen LogP) is 0.148. The Bertz CT molecular complexity index is 481. The van der Waals surface area contributed by atoms with Crippen LogP contribution >= 0.6 is 0 Å². The fourth-order valence-electron chi connectivity index (χ4n) is 2.34. The third-order valence-corrected chi connectivity index (χ3v) is 4.98. The molecule has 1 aliphatic rings. The number of aryl methyl sites for hydroxylation is 1. The first-order chi connectivity index (χ1) is 7.94. The first-order valence-electron chi connectivity index (χ1n) is 5.81. The summed E-state index contributed by atoms with van der Waals surface area (Å²) in [6.07, 6.45) is 3.07. The van der Waals surface area contributed by atoms with Crippen molar-refractivity contribution in [3.8, 4) is 0 Å². The van der Waals surface area contributed by atoms with Crippen molar-refractivity contribution >= 4 is 9.84 Å². The molecule has 6 heteroatoms. The van der Waals surface area contributed by atoms with Gasteiger partial charge in [0.15, 0.2) is 9.84 Å². The molecule has 1 N–H and O–H groups in total. The van der Waals surface area contributed by atoms with Crippen LogP contribution in [0.25, 0.3) is 0 Å². The van der Waals surface area contributed by atoms with Crippen LogP contribution in [0.4, 0.5) is 0 Å². The van der Waals surface area contributed by atoms with E-state index in [-0.39, 0.29) is 17.4 Å². The van der Waals surface area contributed by atoms with Crippen LogP contribution in [-0.2, 0) is 23.3 Å². The second-order valence-corrected chi connectivity index (χ2v) is 7.07. The van der Waals surface area contributed by atoms with E-state index < -0.39 is 15.9 Å². The number of sulfone groups is 1. The van der Waals surface area contributed by atoms with Gasteiger partial charge in [-0.1, -0.05) is 0 Å². The monoisotopic (exact) mass is 258 g/mol. The summed E-state index contributed by atoms with van der Waals surface area (Å²) in [5.41, 5.74) is 0.848. The van der Waals surface area contributed by atoms with Gasteiger partial charge in [0.25, 0.3) is 0 Å². The minimum Gasteiger partial charge on any atom is -0.393 e. The highest BCUT2D eigenvalue weighted by atomic mass is 32.2. The molecular formula is C11H18N2O3S. The molecular weight excluding hydrogens is 240 g/mol. The van der Waals surface area contributed by atoms with Gasteiger partial charge in [-0.3, -0.25) is 4.68 Å². The van der Waals surface area contributed by atoms with Crippen molar-refractivity contribution in [3.63, 3.8) is 0 Å². The van der Waals surface area contributed by atoms with Gasteiger partial charge in [0.1, 0.15) is 0 Å². The quantitative estimate of drug-likeness (QED) is 0.834. The van der Waals surface area contributed by atoms with E-state index in [2.05, 4.69) is 5.10 Å². The standard InChI is InChI=1S/C11H18N2O3S/c1-13-4-2-10(12-13)7-11(14)6-9-3-5-17(15,16)8-9/h2,4,9,11,14H,3,5-8H2,1H3. The Morgan fingerprint density at radius 3 is 2.94 bits per heavy atom. The summed E-state index contributed by atoms with van der Waals surface area (Å²) >= 11 is 0. The molecule has 2 heterocycles. The van der Waals surface area contributed by atoms with Gasteiger partial charge in [0.2, 0.25) is 0 Å². The summed E-state index contributed by atoms with van der Waals surface area (Å²) in [5.74, 6) is 0.610. The lowest BCUT2D eigenvalue weighted by Gasteiger charge is -2.13. The Morgan fingerprint density at radius 2 is 2.41 bits per heavy atom. The van der Waals surface area contributed by atoms with Crippen molar-refractivity contribution < 1.29 is 13.5 Å². The van der Waals surface area contributed by atoms with Crippen LogP contribution < -0.4 is 0 Å². The smallest absolute Gasteiger partial charge is 0.150 e. The Balaban J connectivity index is 1.84. The van der Waals surface area contributed by atoms with Gasteiger partial charge >= 0.3 is 0 Å². The van der Waals surface area contributed by atoms with Crippen molar-refractivity contribution in [2.45, 2.75) is 25.4 Å². The van der Waals surface area contributed by atoms with Gasteiger partial charge in [-0.15, -0.1) is 0 Å². The average molecular weight is 258 g/mol. The Morgan fingerprint density at radius 1 is 1.65 bits per heavy atom. The second-order valence-electron chi connectivity index (χ2n) is 4.84. The van der Waals surface area contributed by atoms with Gasteiger partial charge in [0.05, 0.1) is 23.3 Å². The highest BCUT2D eigenvalue weighted by Crippen LogP contribution is 2.23. The SMILES string of the molecule is Cn1ccc(CC(O)CC2CCS(=O)(=O)C2)n1. The zero-order valence-electron chi connectivity index (χ0n) is 9.91. The molecule has 1 fully saturated rings. The number of nitrogens with zero attached hydrogens (tertiary/aromatic N) is 2. The summed E-state index contributed by atoms with van der Waals surface area (Å²) < 4.78 is 24.3. The average Bonchev–Trinajstić information content (AvgIpc) is 2.73. The highest BCUT2D eigenvalue weighted by Gasteiger charge is 2.29. The van der Waals surface area contributed by atoms with E-state index in [0.717, 1.165) is 5.69 Å². The van der Waals surface area contributed by atoms with Gasteiger partial charge in [-0.2, -0.15) is 5.10 Å². The molecule has 96 valence electrons. The molecule has 1 aliphatic heterocycles. The molecule has 0 spiro atoms. The third-order valence-electron chi connectivity index (χ3n) is 3.15. The van der Waals surface area contributed by atoms with Crippen LogP contribution in [0.5, 0.6) is 0 Å². The van der Waals surface area contributed by atoms with E-state index >= 15 is 0 Å². The lowest BCUT2D eigenvalue weighted by Crippen LogP contribution is -2.17. The van der Waals surface area contributed by atoms with E-state index in [0.29, 0.717) is 19.3 Å². The molecule has 5 nitrogen and oxygen atoms in total. The molecule has 0 aliphatic carbocycles. The van der Waals surface area contributed by atoms with Gasteiger partial charge in [0, 0.05) is 19.7 Å². The summed E-state index contributed by atoms with van der Waals surface area (Å²) in [5, 5.41) is 14.1. The molecule has 17 heavy (non-hydrogen) atoms. The summed E-state index contributed by atoms with van der Waals surface area (Å²) in [7, 11) is -1.01. The molecule has 0 amide bonds. The topological polar surface area (TPSA) is 72.2 Å². The minimum absolute atomic E-state index is 0.110. The molecule has 1 aromatic heterocycles. The third kappa shape index (κ3) is 3.54. The second kappa shape index (κ2) is 4.78. The number of aliphatic hydroxyl groups is 1. The van der Waals surface area contributed by atoms with Gasteiger partial charge in [-0.05, 0) is 24.8 Å². The molecule has 1 aromatic rings. The molecule has 2 atom stereocenters. The number of rotatable bonds is 4. The van der Waals surface area contributed by atoms with E-state index in [4.69, 9.17) is 0 Å². The summed E-state index contributed by atoms with van der Waals surface area (Å²) in [6.45, 7) is 0. The maximum absolute atomic E-state index is 11.3. The van der Waals surface area contributed by atoms with Crippen LogP contribution in [0.3, 0.4) is 0 Å². The normalized spacial score (nSPS) is 24.9. The first kappa shape index (κ1) is 12.6. The van der Waals surface area contributed by atoms with Crippen LogP contribution in [-0.4, -0.2) is 40.9 Å². The molecule has 1 saturated heterocycles. The molecule has 0 radical (unpaired) electrons. The van der Waals surface area contributed by atoms with Crippen LogP contribution in [0.2, 0.25) is 0 Å². The molecule has 0 aromatic carbocycles. The highest BCUT2D eigenvalue weighted by molar-refractivity contribution is 7.91. The molecule has 2 rings (SSSR count). The summed E-state index contributed by atoms with van der Waals surface area (Å²) in [4.78, 5) is 0. The Labute approximate surface area is 101 Å². The minimum atomic E-state index is -2.84. The largest absolute Gasteiger partial charge is 0.393 e. The van der Waals surface area contributed by atoms with E-state index in [1.165, 1.54) is 0 Å². The van der Waals surface area contributed by atoms with Crippen LogP contribution in [0.1, 0.15) is 18.5 Å². The molecule has 0 saturated carbocycles. The maximum atomic E-state index is 11.3. The van der Waals surface area contributed by atoms with Gasteiger partial charge < -0.3 is 5.11 Å². The summed E-state index contributed by atoms with van der Waals surface area (Å²) in [6, 6.07) is 1.87. The van der Waals surface area contributed by atoms with Crippen molar-refractivity contribution in [2.24, 2.45) is 13.0 Å². The zero-order valence-corrected chi connectivity index (χ0v) is 10.7. The van der Waals surface area contributed by atoms with Crippen molar-refractivity contribution in [1.82, 2.24) is 9.78 Å². The molecule has 0 bridgehead atoms. The predicted molar refractivity (Wildman–Crippen MR) is 64.3 cm³/mol. The van der Waals surface area contributed by atoms with Crippen LogP contribution in [0.15, 0.2) is 12.3 Å². The van der Waals surface area contributed by atoms with E-state index in [9.17, 15) is 13.5 Å². The lowest BCUT2D eigenvalue weighted by atomic mass is 9.98. The fourth-order valence-corrected chi connectivity index (χ4v) is 4.22.